The summed E-state index contributed by atoms with van der Waals surface area (Å²) in [7, 11) is 0. The average molecular weight is 383 g/mol. The highest BCUT2D eigenvalue weighted by Gasteiger charge is 2.21. The summed E-state index contributed by atoms with van der Waals surface area (Å²) < 4.78 is 4.35. The molecule has 2 rings (SSSR count). The molecule has 0 heterocycles. The SMILES string of the molecule is C1CCC(NC2CCCCC2)CC1.C=COC(=O)NC(CC(C)C)C(=O)O. The van der Waals surface area contributed by atoms with Crippen molar-refractivity contribution < 1.29 is 19.4 Å². The van der Waals surface area contributed by atoms with E-state index in [-0.39, 0.29) is 5.92 Å². The first-order chi connectivity index (χ1) is 12.9. The van der Waals surface area contributed by atoms with Crippen molar-refractivity contribution in [2.75, 3.05) is 0 Å². The molecular weight excluding hydrogens is 344 g/mol. The Balaban J connectivity index is 0.000000270. The van der Waals surface area contributed by atoms with E-state index in [1.54, 1.807) is 0 Å². The molecule has 1 amide bonds. The number of nitrogens with one attached hydrogen (secondary N) is 2. The van der Waals surface area contributed by atoms with Crippen LogP contribution in [0.2, 0.25) is 0 Å². The molecule has 1 unspecified atom stereocenters. The second-order valence-electron chi connectivity index (χ2n) is 8.07. The summed E-state index contributed by atoms with van der Waals surface area (Å²) >= 11 is 0. The molecule has 0 radical (unpaired) electrons. The van der Waals surface area contributed by atoms with Gasteiger partial charge >= 0.3 is 12.1 Å². The summed E-state index contributed by atoms with van der Waals surface area (Å²) in [5.41, 5.74) is 0. The summed E-state index contributed by atoms with van der Waals surface area (Å²) in [6.45, 7) is 6.93. The van der Waals surface area contributed by atoms with Gasteiger partial charge in [0.25, 0.3) is 0 Å². The van der Waals surface area contributed by atoms with Gasteiger partial charge in [-0.1, -0.05) is 59.0 Å². The van der Waals surface area contributed by atoms with Crippen LogP contribution < -0.4 is 10.6 Å². The number of hydrogen-bond donors (Lipinski definition) is 3. The van der Waals surface area contributed by atoms with Gasteiger partial charge in [-0.3, -0.25) is 0 Å². The third-order valence-corrected chi connectivity index (χ3v) is 5.17. The van der Waals surface area contributed by atoms with Gasteiger partial charge in [0.15, 0.2) is 0 Å². The zero-order chi connectivity index (χ0) is 20.1. The molecule has 6 heteroatoms. The van der Waals surface area contributed by atoms with Gasteiger partial charge in [-0.15, -0.1) is 0 Å². The fourth-order valence-electron chi connectivity index (χ4n) is 3.82. The molecule has 0 aliphatic heterocycles. The Hall–Kier alpha value is -1.56. The van der Waals surface area contributed by atoms with Crippen molar-refractivity contribution in [1.82, 2.24) is 10.6 Å². The molecule has 0 aromatic carbocycles. The predicted molar refractivity (Wildman–Crippen MR) is 108 cm³/mol. The number of carboxylic acid groups (broad SMARTS) is 1. The van der Waals surface area contributed by atoms with Crippen molar-refractivity contribution >= 4 is 12.1 Å². The van der Waals surface area contributed by atoms with Crippen molar-refractivity contribution in [2.45, 2.75) is 103 Å². The zero-order valence-corrected chi connectivity index (χ0v) is 17.0. The molecule has 0 aromatic rings. The summed E-state index contributed by atoms with van der Waals surface area (Å²) in [6.07, 6.45) is 15.1. The Labute approximate surface area is 164 Å². The molecule has 0 bridgehead atoms. The third kappa shape index (κ3) is 11.0. The lowest BCUT2D eigenvalue weighted by Gasteiger charge is -2.30. The van der Waals surface area contributed by atoms with Gasteiger partial charge in [0.1, 0.15) is 6.04 Å². The highest BCUT2D eigenvalue weighted by Crippen LogP contribution is 2.22. The van der Waals surface area contributed by atoms with E-state index in [2.05, 4.69) is 21.9 Å². The maximum atomic E-state index is 10.9. The Morgan fingerprint density at radius 1 is 1.04 bits per heavy atom. The van der Waals surface area contributed by atoms with Gasteiger partial charge in [-0.25, -0.2) is 9.59 Å². The van der Waals surface area contributed by atoms with Crippen LogP contribution in [0.15, 0.2) is 12.8 Å². The van der Waals surface area contributed by atoms with Crippen LogP contribution >= 0.6 is 0 Å². The van der Waals surface area contributed by atoms with E-state index < -0.39 is 18.1 Å². The molecule has 27 heavy (non-hydrogen) atoms. The summed E-state index contributed by atoms with van der Waals surface area (Å²) in [6, 6.07) is 0.830. The molecule has 2 fully saturated rings. The van der Waals surface area contributed by atoms with Crippen LogP contribution in [0.4, 0.5) is 4.79 Å². The van der Waals surface area contributed by atoms with Gasteiger partial charge in [-0.2, -0.15) is 0 Å². The predicted octanol–water partition coefficient (Wildman–Crippen LogP) is 4.60. The van der Waals surface area contributed by atoms with E-state index in [9.17, 15) is 9.59 Å². The molecule has 2 aliphatic rings. The molecule has 0 aromatic heterocycles. The van der Waals surface area contributed by atoms with Crippen LogP contribution in [0.25, 0.3) is 0 Å². The van der Waals surface area contributed by atoms with E-state index >= 15 is 0 Å². The first kappa shape index (κ1) is 23.5. The highest BCUT2D eigenvalue weighted by molar-refractivity contribution is 5.80. The molecule has 1 atom stereocenters. The Bertz CT molecular complexity index is 425. The van der Waals surface area contributed by atoms with Crippen LogP contribution in [0.5, 0.6) is 0 Å². The topological polar surface area (TPSA) is 87.7 Å². The number of carboxylic acids is 1. The first-order valence-electron chi connectivity index (χ1n) is 10.5. The second kappa shape index (κ2) is 13.6. The standard InChI is InChI=1S/C12H23N.C9H15NO4/c1-3-7-11(8-4-1)13-12-9-5-2-6-10-12;1-4-14-9(13)10-7(8(11)12)5-6(2)3/h11-13H,1-10H2;4,6-7H,1,5H2,2-3H3,(H,10,13)(H,11,12). The maximum absolute atomic E-state index is 10.9. The average Bonchev–Trinajstić information content (AvgIpc) is 2.63. The van der Waals surface area contributed by atoms with Gasteiger partial charge in [0, 0.05) is 12.1 Å². The van der Waals surface area contributed by atoms with E-state index in [1.165, 1.54) is 64.2 Å². The van der Waals surface area contributed by atoms with E-state index in [0.29, 0.717) is 6.42 Å². The summed E-state index contributed by atoms with van der Waals surface area (Å²) in [5.74, 6) is -0.889. The molecule has 0 saturated heterocycles. The van der Waals surface area contributed by atoms with Crippen molar-refractivity contribution in [2.24, 2.45) is 5.92 Å². The highest BCUT2D eigenvalue weighted by atomic mass is 16.5. The minimum Gasteiger partial charge on any atom is -0.480 e. The van der Waals surface area contributed by atoms with Gasteiger partial charge in [0.2, 0.25) is 0 Å². The van der Waals surface area contributed by atoms with Gasteiger partial charge in [-0.05, 0) is 38.0 Å². The lowest BCUT2D eigenvalue weighted by molar-refractivity contribution is -0.139. The van der Waals surface area contributed by atoms with Crippen molar-refractivity contribution in [3.05, 3.63) is 12.8 Å². The number of ether oxygens (including phenoxy) is 1. The minimum absolute atomic E-state index is 0.181. The largest absolute Gasteiger partial charge is 0.480 e. The van der Waals surface area contributed by atoms with Crippen molar-refractivity contribution in [3.63, 3.8) is 0 Å². The molecule has 0 spiro atoms. The monoisotopic (exact) mass is 382 g/mol. The second-order valence-corrected chi connectivity index (χ2v) is 8.07. The molecule has 2 saturated carbocycles. The Kier molecular flexibility index (Phi) is 11.8. The van der Waals surface area contributed by atoms with E-state index in [0.717, 1.165) is 18.3 Å². The van der Waals surface area contributed by atoms with Crippen molar-refractivity contribution in [1.29, 1.82) is 0 Å². The number of alkyl carbamates (subject to hydrolysis) is 1. The van der Waals surface area contributed by atoms with Crippen LogP contribution in [0.3, 0.4) is 0 Å². The number of hydrogen-bond acceptors (Lipinski definition) is 4. The van der Waals surface area contributed by atoms with Gasteiger partial charge < -0.3 is 20.5 Å². The summed E-state index contributed by atoms with van der Waals surface area (Å²) in [5, 5.41) is 14.8. The van der Waals surface area contributed by atoms with E-state index in [4.69, 9.17) is 5.11 Å². The quantitative estimate of drug-likeness (QED) is 0.560. The maximum Gasteiger partial charge on any atom is 0.412 e. The number of carbonyl (C=O) groups excluding carboxylic acids is 1. The molecule has 156 valence electrons. The fraction of sp³-hybridized carbons (Fsp3) is 0.810. The molecular formula is C21H38N2O4. The zero-order valence-electron chi connectivity index (χ0n) is 17.0. The van der Waals surface area contributed by atoms with Crippen LogP contribution in [-0.2, 0) is 9.53 Å². The minimum atomic E-state index is -1.07. The normalized spacial score (nSPS) is 19.5. The number of rotatable bonds is 7. The Morgan fingerprint density at radius 3 is 1.89 bits per heavy atom. The number of carbonyl (C=O) groups is 2. The van der Waals surface area contributed by atoms with Crippen LogP contribution in [0, 0.1) is 5.92 Å². The lowest BCUT2D eigenvalue weighted by Crippen LogP contribution is -2.41. The van der Waals surface area contributed by atoms with Crippen LogP contribution in [0.1, 0.15) is 84.5 Å². The van der Waals surface area contributed by atoms with Crippen molar-refractivity contribution in [3.8, 4) is 0 Å². The van der Waals surface area contributed by atoms with Gasteiger partial charge in [0.05, 0.1) is 6.26 Å². The summed E-state index contributed by atoms with van der Waals surface area (Å²) in [4.78, 5) is 21.6. The molecule has 6 nitrogen and oxygen atoms in total. The van der Waals surface area contributed by atoms with E-state index in [1.807, 2.05) is 13.8 Å². The molecule has 2 aliphatic carbocycles. The first-order valence-corrected chi connectivity index (χ1v) is 10.5. The fourth-order valence-corrected chi connectivity index (χ4v) is 3.82. The number of aliphatic carboxylic acids is 1. The lowest BCUT2D eigenvalue weighted by atomic mass is 9.91. The number of amides is 1. The smallest absolute Gasteiger partial charge is 0.412 e. The Morgan fingerprint density at radius 2 is 1.52 bits per heavy atom. The van der Waals surface area contributed by atoms with Crippen LogP contribution in [-0.4, -0.2) is 35.3 Å². The third-order valence-electron chi connectivity index (χ3n) is 5.17. The molecule has 3 N–H and O–H groups in total.